The summed E-state index contributed by atoms with van der Waals surface area (Å²) in [7, 11) is 0. The summed E-state index contributed by atoms with van der Waals surface area (Å²) in [6, 6.07) is 9.20. The highest BCUT2D eigenvalue weighted by atomic mass is 16.3. The van der Waals surface area contributed by atoms with Gasteiger partial charge in [-0.15, -0.1) is 0 Å². The molecular weight excluding hydrogens is 238 g/mol. The number of pyridine rings is 1. The lowest BCUT2D eigenvalue weighted by molar-refractivity contribution is 0.0443. The summed E-state index contributed by atoms with van der Waals surface area (Å²) in [5, 5.41) is 11.0. The van der Waals surface area contributed by atoms with Crippen molar-refractivity contribution >= 4 is 16.7 Å². The van der Waals surface area contributed by atoms with Gasteiger partial charge >= 0.3 is 0 Å². The third kappa shape index (κ3) is 2.82. The van der Waals surface area contributed by atoms with Crippen LogP contribution in [-0.2, 0) is 0 Å². The van der Waals surface area contributed by atoms with Gasteiger partial charge in [-0.2, -0.15) is 0 Å². The lowest BCUT2D eigenvalue weighted by Gasteiger charge is -2.24. The quantitative estimate of drug-likeness (QED) is 0.841. The predicted molar refractivity (Wildman–Crippen MR) is 76.3 cm³/mol. The van der Waals surface area contributed by atoms with Gasteiger partial charge in [0, 0.05) is 16.6 Å². The number of nitrogens with zero attached hydrogens (tertiary/aromatic N) is 1. The molecule has 100 valence electrons. The maximum atomic E-state index is 12.2. The summed E-state index contributed by atoms with van der Waals surface area (Å²) in [5.74, 6) is -0.241. The second-order valence-corrected chi connectivity index (χ2v) is 5.99. The number of ketones is 1. The van der Waals surface area contributed by atoms with Gasteiger partial charge in [0.05, 0.1) is 5.52 Å². The second-order valence-electron chi connectivity index (χ2n) is 5.99. The molecule has 1 heterocycles. The fourth-order valence-corrected chi connectivity index (χ4v) is 1.93. The van der Waals surface area contributed by atoms with Crippen molar-refractivity contribution in [3.8, 4) is 0 Å². The fraction of sp³-hybridized carbons (Fsp3) is 0.375. The number of carbonyl (C=O) groups excluding carboxylic acids is 1. The minimum Gasteiger partial charge on any atom is -0.384 e. The standard InChI is InChI=1S/C16H19NO2/c1-10-5-6-11-9-12(7-8-13(11)17-10)14(18)15(19)16(2,3)4/h5-9,15,19H,1-4H3. The average molecular weight is 257 g/mol. The van der Waals surface area contributed by atoms with Gasteiger partial charge < -0.3 is 5.11 Å². The van der Waals surface area contributed by atoms with E-state index in [0.29, 0.717) is 5.56 Å². The van der Waals surface area contributed by atoms with Crippen LogP contribution in [0.2, 0.25) is 0 Å². The Morgan fingerprint density at radius 1 is 1.21 bits per heavy atom. The Bertz CT molecular complexity index is 626. The molecule has 0 aliphatic rings. The Balaban J connectivity index is 2.41. The minimum atomic E-state index is -0.997. The highest BCUT2D eigenvalue weighted by molar-refractivity contribution is 6.02. The van der Waals surface area contributed by atoms with Crippen LogP contribution >= 0.6 is 0 Å². The Morgan fingerprint density at radius 2 is 1.89 bits per heavy atom. The molecular formula is C16H19NO2. The number of aliphatic hydroxyl groups is 1. The molecule has 3 heteroatoms. The molecule has 0 bridgehead atoms. The van der Waals surface area contributed by atoms with E-state index in [1.54, 1.807) is 12.1 Å². The Labute approximate surface area is 113 Å². The molecule has 1 aromatic heterocycles. The van der Waals surface area contributed by atoms with Crippen LogP contribution in [-0.4, -0.2) is 22.0 Å². The number of aliphatic hydroxyl groups excluding tert-OH is 1. The van der Waals surface area contributed by atoms with Crippen molar-refractivity contribution in [1.82, 2.24) is 4.98 Å². The summed E-state index contributed by atoms with van der Waals surface area (Å²) >= 11 is 0. The van der Waals surface area contributed by atoms with E-state index in [-0.39, 0.29) is 5.78 Å². The number of Topliss-reactive ketones (excluding diaryl/α,β-unsaturated/α-hetero) is 1. The van der Waals surface area contributed by atoms with E-state index >= 15 is 0 Å². The number of hydrogen-bond donors (Lipinski definition) is 1. The SMILES string of the molecule is Cc1ccc2cc(C(=O)C(O)C(C)(C)C)ccc2n1. The van der Waals surface area contributed by atoms with Crippen LogP contribution in [0.3, 0.4) is 0 Å². The predicted octanol–water partition coefficient (Wildman–Crippen LogP) is 3.13. The van der Waals surface area contributed by atoms with Gasteiger partial charge in [0.25, 0.3) is 0 Å². The largest absolute Gasteiger partial charge is 0.384 e. The summed E-state index contributed by atoms with van der Waals surface area (Å²) in [6.45, 7) is 7.48. The first kappa shape index (κ1) is 13.7. The molecule has 0 radical (unpaired) electrons. The Hall–Kier alpha value is -1.74. The number of aryl methyl sites for hydroxylation is 1. The number of benzene rings is 1. The van der Waals surface area contributed by atoms with E-state index in [2.05, 4.69) is 4.98 Å². The van der Waals surface area contributed by atoms with Gasteiger partial charge in [-0.25, -0.2) is 0 Å². The highest BCUT2D eigenvalue weighted by Gasteiger charge is 2.29. The van der Waals surface area contributed by atoms with Gasteiger partial charge in [-0.1, -0.05) is 26.8 Å². The molecule has 0 amide bonds. The lowest BCUT2D eigenvalue weighted by Crippen LogP contribution is -2.34. The molecule has 2 aromatic rings. The van der Waals surface area contributed by atoms with Crippen molar-refractivity contribution in [2.24, 2.45) is 5.41 Å². The van der Waals surface area contributed by atoms with E-state index in [9.17, 15) is 9.90 Å². The third-order valence-corrected chi connectivity index (χ3v) is 3.18. The van der Waals surface area contributed by atoms with E-state index in [0.717, 1.165) is 16.6 Å². The molecule has 0 spiro atoms. The van der Waals surface area contributed by atoms with Crippen LogP contribution in [0.1, 0.15) is 36.8 Å². The van der Waals surface area contributed by atoms with Gasteiger partial charge in [-0.3, -0.25) is 9.78 Å². The van der Waals surface area contributed by atoms with Crippen LogP contribution < -0.4 is 0 Å². The van der Waals surface area contributed by atoms with Crippen molar-refractivity contribution in [3.63, 3.8) is 0 Å². The normalized spacial score (nSPS) is 13.5. The summed E-state index contributed by atoms with van der Waals surface area (Å²) in [4.78, 5) is 16.6. The number of hydrogen-bond acceptors (Lipinski definition) is 3. The number of fused-ring (bicyclic) bond motifs is 1. The van der Waals surface area contributed by atoms with Crippen LogP contribution in [0.15, 0.2) is 30.3 Å². The van der Waals surface area contributed by atoms with Crippen molar-refractivity contribution in [1.29, 1.82) is 0 Å². The van der Waals surface area contributed by atoms with E-state index < -0.39 is 11.5 Å². The lowest BCUT2D eigenvalue weighted by atomic mass is 9.84. The zero-order chi connectivity index (χ0) is 14.2. The van der Waals surface area contributed by atoms with Crippen molar-refractivity contribution < 1.29 is 9.90 Å². The third-order valence-electron chi connectivity index (χ3n) is 3.18. The van der Waals surface area contributed by atoms with Crippen molar-refractivity contribution in [2.75, 3.05) is 0 Å². The van der Waals surface area contributed by atoms with E-state index in [1.165, 1.54) is 0 Å². The number of carbonyl (C=O) groups is 1. The van der Waals surface area contributed by atoms with Crippen LogP contribution in [0.5, 0.6) is 0 Å². The maximum absolute atomic E-state index is 12.2. The monoisotopic (exact) mass is 257 g/mol. The van der Waals surface area contributed by atoms with Crippen LogP contribution in [0.4, 0.5) is 0 Å². The van der Waals surface area contributed by atoms with Gasteiger partial charge in [0.15, 0.2) is 5.78 Å². The van der Waals surface area contributed by atoms with Gasteiger partial charge in [0.1, 0.15) is 6.10 Å². The first-order valence-corrected chi connectivity index (χ1v) is 6.39. The molecule has 1 N–H and O–H groups in total. The minimum absolute atomic E-state index is 0.241. The molecule has 19 heavy (non-hydrogen) atoms. The summed E-state index contributed by atoms with van der Waals surface area (Å²) < 4.78 is 0. The summed E-state index contributed by atoms with van der Waals surface area (Å²) in [5.41, 5.74) is 1.88. The Kier molecular flexibility index (Phi) is 3.42. The van der Waals surface area contributed by atoms with E-state index in [4.69, 9.17) is 0 Å². The first-order valence-electron chi connectivity index (χ1n) is 6.39. The van der Waals surface area contributed by atoms with Crippen molar-refractivity contribution in [3.05, 3.63) is 41.6 Å². The second kappa shape index (κ2) is 4.74. The molecule has 0 aliphatic heterocycles. The molecule has 0 aliphatic carbocycles. The average Bonchev–Trinajstić information content (AvgIpc) is 2.35. The van der Waals surface area contributed by atoms with Crippen LogP contribution in [0, 0.1) is 12.3 Å². The molecule has 3 nitrogen and oxygen atoms in total. The molecule has 2 rings (SSSR count). The molecule has 1 aromatic carbocycles. The maximum Gasteiger partial charge on any atom is 0.191 e. The number of aromatic nitrogens is 1. The molecule has 1 atom stereocenters. The number of rotatable bonds is 2. The van der Waals surface area contributed by atoms with Crippen molar-refractivity contribution in [2.45, 2.75) is 33.8 Å². The first-order chi connectivity index (χ1) is 8.79. The van der Waals surface area contributed by atoms with Gasteiger partial charge in [-0.05, 0) is 36.6 Å². The molecule has 0 fully saturated rings. The smallest absolute Gasteiger partial charge is 0.191 e. The molecule has 0 saturated carbocycles. The topological polar surface area (TPSA) is 50.2 Å². The molecule has 1 unspecified atom stereocenters. The van der Waals surface area contributed by atoms with Gasteiger partial charge in [0.2, 0.25) is 0 Å². The zero-order valence-corrected chi connectivity index (χ0v) is 11.8. The fourth-order valence-electron chi connectivity index (χ4n) is 1.93. The van der Waals surface area contributed by atoms with E-state index in [1.807, 2.05) is 45.9 Å². The van der Waals surface area contributed by atoms with Crippen LogP contribution in [0.25, 0.3) is 10.9 Å². The Morgan fingerprint density at radius 3 is 2.53 bits per heavy atom. The zero-order valence-electron chi connectivity index (χ0n) is 11.8. The summed E-state index contributed by atoms with van der Waals surface area (Å²) in [6.07, 6.45) is -0.997. The highest BCUT2D eigenvalue weighted by Crippen LogP contribution is 2.24. The molecule has 0 saturated heterocycles.